The smallest absolute Gasteiger partial charge is 0.305 e. The first-order valence-electron chi connectivity index (χ1n) is 20.3. The molecule has 0 amide bonds. The predicted molar refractivity (Wildman–Crippen MR) is 239 cm³/mol. The number of ether oxygens (including phenoxy) is 2. The highest BCUT2D eigenvalue weighted by Crippen LogP contribution is 2.56. The van der Waals surface area contributed by atoms with E-state index in [9.17, 15) is 0 Å². The van der Waals surface area contributed by atoms with Crippen molar-refractivity contribution in [3.05, 3.63) is 132 Å². The molecule has 1 aliphatic rings. The Balaban J connectivity index is 1.58. The molecule has 1 aliphatic heterocycles. The zero-order valence-corrected chi connectivity index (χ0v) is 37.2. The molecule has 4 nitrogen and oxygen atoms in total. The average molecular weight is 771 g/mol. The molecule has 6 rings (SSSR count). The lowest BCUT2D eigenvalue weighted by Crippen LogP contribution is -2.47. The van der Waals surface area contributed by atoms with E-state index >= 15 is 0 Å². The molecule has 0 radical (unpaired) electrons. The van der Waals surface area contributed by atoms with E-state index < -0.39 is 22.4 Å². The van der Waals surface area contributed by atoms with Gasteiger partial charge in [0, 0.05) is 33.0 Å². The van der Waals surface area contributed by atoms with Crippen LogP contribution in [-0.2, 0) is 14.6 Å². The molecular weight excluding hydrogens is 709 g/mol. The van der Waals surface area contributed by atoms with Crippen LogP contribution in [0.1, 0.15) is 105 Å². The van der Waals surface area contributed by atoms with Gasteiger partial charge in [-0.1, -0.05) is 169 Å². The molecule has 0 N–H and O–H groups in total. The maximum absolute atomic E-state index is 7.18. The van der Waals surface area contributed by atoms with Crippen molar-refractivity contribution in [3.8, 4) is 11.5 Å². The second-order valence-corrected chi connectivity index (χ2v) is 28.2. The zero-order valence-electron chi connectivity index (χ0n) is 35.2. The summed E-state index contributed by atoms with van der Waals surface area (Å²) in [5, 5.41) is 4.01. The molecule has 1 heterocycles. The monoisotopic (exact) mass is 770 g/mol. The third-order valence-electron chi connectivity index (χ3n) is 12.5. The third kappa shape index (κ3) is 6.73. The van der Waals surface area contributed by atoms with Crippen molar-refractivity contribution >= 4 is 49.7 Å². The van der Waals surface area contributed by atoms with Crippen LogP contribution < -0.4 is 9.47 Å². The first-order valence-corrected chi connectivity index (χ1v) is 24.6. The molecule has 0 unspecified atom stereocenters. The van der Waals surface area contributed by atoms with Crippen LogP contribution in [0.2, 0.25) is 33.2 Å². The molecule has 0 spiro atoms. The van der Waals surface area contributed by atoms with Crippen molar-refractivity contribution in [2.24, 2.45) is 0 Å². The van der Waals surface area contributed by atoms with Gasteiger partial charge >= 0.3 is 5.79 Å². The summed E-state index contributed by atoms with van der Waals surface area (Å²) >= 11 is 0. The number of hydrogen-bond donors (Lipinski definition) is 0. The summed E-state index contributed by atoms with van der Waals surface area (Å²) in [7, 11) is -4.50. The first kappa shape index (κ1) is 40.4. The van der Waals surface area contributed by atoms with Crippen molar-refractivity contribution in [2.45, 2.75) is 122 Å². The van der Waals surface area contributed by atoms with E-state index in [2.05, 4.69) is 157 Å². The maximum Gasteiger partial charge on any atom is 0.305 e. The number of fused-ring (bicyclic) bond motifs is 6. The topological polar surface area (TPSA) is 36.9 Å². The van der Waals surface area contributed by atoms with Gasteiger partial charge in [0.1, 0.15) is 11.5 Å². The van der Waals surface area contributed by atoms with Crippen LogP contribution in [0.5, 0.6) is 11.5 Å². The quantitative estimate of drug-likeness (QED) is 0.0640. The standard InChI is InChI=1S/C49H62O4Si2/c1-31(2)54(32(3)4,33(5)6)52-37(13)39-25-27-43-45(29-39)46-30-40(38(14)53-55(34(7)8,35(9)10)36(11)12)26-28-44(46)48-47(43)50-49(51-48,41-21-17-15-18-22-41)42-23-19-16-20-24-42/h15-36H,13-14H2,1-12H3. The number of benzene rings is 5. The van der Waals surface area contributed by atoms with Crippen LogP contribution >= 0.6 is 0 Å². The fourth-order valence-electron chi connectivity index (χ4n) is 10.0. The van der Waals surface area contributed by atoms with Gasteiger partial charge in [-0.2, -0.15) is 0 Å². The van der Waals surface area contributed by atoms with E-state index in [4.69, 9.17) is 18.3 Å². The normalized spacial score (nSPS) is 14.3. The highest BCUT2D eigenvalue weighted by molar-refractivity contribution is 6.78. The van der Waals surface area contributed by atoms with Gasteiger partial charge in [0.15, 0.2) is 11.5 Å². The Bertz CT molecular complexity index is 1980. The predicted octanol–water partition coefficient (Wildman–Crippen LogP) is 15.0. The highest BCUT2D eigenvalue weighted by atomic mass is 28.4. The first-order chi connectivity index (χ1) is 26.0. The van der Waals surface area contributed by atoms with E-state index in [0.29, 0.717) is 33.2 Å². The summed E-state index contributed by atoms with van der Waals surface area (Å²) in [5.41, 5.74) is 6.34. The number of rotatable bonds is 14. The molecule has 290 valence electrons. The zero-order chi connectivity index (χ0) is 40.0. The molecule has 5 aromatic carbocycles. The van der Waals surface area contributed by atoms with Crippen molar-refractivity contribution in [3.63, 3.8) is 0 Å². The fraction of sp³-hybridized carbons (Fsp3) is 0.388. The van der Waals surface area contributed by atoms with Crippen LogP contribution in [0.4, 0.5) is 0 Å². The molecule has 0 fully saturated rings. The minimum Gasteiger partial charge on any atom is -0.543 e. The molecule has 0 saturated heterocycles. The van der Waals surface area contributed by atoms with Gasteiger partial charge in [0.2, 0.25) is 0 Å². The molecule has 0 aliphatic carbocycles. The molecule has 0 aromatic heterocycles. The van der Waals surface area contributed by atoms with E-state index in [1.165, 1.54) is 0 Å². The van der Waals surface area contributed by atoms with Gasteiger partial charge in [-0.3, -0.25) is 0 Å². The SMILES string of the molecule is C=C(O[Si](C(C)C)(C(C)C)C(C)C)c1ccc2c3c(c4ccc(C(=C)O[Si](C(C)C)(C(C)C)C(C)C)cc4c2c1)OC(c1ccccc1)(c1ccccc1)O3. The van der Waals surface area contributed by atoms with Gasteiger partial charge in [-0.15, -0.1) is 0 Å². The molecule has 0 atom stereocenters. The van der Waals surface area contributed by atoms with Gasteiger partial charge in [0.25, 0.3) is 16.6 Å². The minimum atomic E-state index is -2.25. The van der Waals surface area contributed by atoms with E-state index in [1.807, 2.05) is 36.4 Å². The Hall–Kier alpha value is -4.27. The molecule has 0 bridgehead atoms. The number of hydrogen-bond acceptors (Lipinski definition) is 4. The Labute approximate surface area is 332 Å². The summed E-state index contributed by atoms with van der Waals surface area (Å²) < 4.78 is 28.7. The Morgan fingerprint density at radius 1 is 0.455 bits per heavy atom. The lowest BCUT2D eigenvalue weighted by Gasteiger charge is -2.42. The second-order valence-electron chi connectivity index (χ2n) is 17.4. The van der Waals surface area contributed by atoms with E-state index in [-0.39, 0.29) is 0 Å². The largest absolute Gasteiger partial charge is 0.543 e. The molecule has 0 saturated carbocycles. The van der Waals surface area contributed by atoms with E-state index in [1.54, 1.807) is 0 Å². The van der Waals surface area contributed by atoms with Crippen LogP contribution in [0.3, 0.4) is 0 Å². The van der Waals surface area contributed by atoms with Gasteiger partial charge in [0.05, 0.1) is 0 Å². The van der Waals surface area contributed by atoms with Crippen molar-refractivity contribution in [1.82, 2.24) is 0 Å². The van der Waals surface area contributed by atoms with Gasteiger partial charge < -0.3 is 18.3 Å². The molecule has 55 heavy (non-hydrogen) atoms. The molecular formula is C49H62O4Si2. The van der Waals surface area contributed by atoms with Gasteiger partial charge in [-0.25, -0.2) is 0 Å². The summed E-state index contributed by atoms with van der Waals surface area (Å²) in [6.45, 7) is 36.9. The van der Waals surface area contributed by atoms with E-state index in [0.717, 1.165) is 66.8 Å². The summed E-state index contributed by atoms with van der Waals surface area (Å²) in [6.07, 6.45) is 0. The fourth-order valence-corrected chi connectivity index (χ4v) is 20.5. The van der Waals surface area contributed by atoms with Crippen LogP contribution in [0.15, 0.2) is 110 Å². The van der Waals surface area contributed by atoms with Crippen LogP contribution in [-0.4, -0.2) is 16.6 Å². The van der Waals surface area contributed by atoms with Crippen LogP contribution in [0, 0.1) is 0 Å². The van der Waals surface area contributed by atoms with Gasteiger partial charge in [-0.05, 0) is 68.3 Å². The average Bonchev–Trinajstić information content (AvgIpc) is 3.58. The minimum absolute atomic E-state index is 0.426. The second kappa shape index (κ2) is 15.3. The third-order valence-corrected chi connectivity index (χ3v) is 24.5. The summed E-state index contributed by atoms with van der Waals surface area (Å²) in [6, 6.07) is 33.5. The highest BCUT2D eigenvalue weighted by Gasteiger charge is 2.49. The Morgan fingerprint density at radius 2 is 0.764 bits per heavy atom. The van der Waals surface area contributed by atoms with Crippen molar-refractivity contribution in [1.29, 1.82) is 0 Å². The van der Waals surface area contributed by atoms with Crippen LogP contribution in [0.25, 0.3) is 33.1 Å². The summed E-state index contributed by atoms with van der Waals surface area (Å²) in [4.78, 5) is 0. The van der Waals surface area contributed by atoms with Crippen molar-refractivity contribution < 1.29 is 18.3 Å². The Kier molecular flexibility index (Phi) is 11.3. The molecule has 6 heteroatoms. The lowest BCUT2D eigenvalue weighted by molar-refractivity contribution is -0.0447. The van der Waals surface area contributed by atoms with Crippen molar-refractivity contribution in [2.75, 3.05) is 0 Å². The summed E-state index contributed by atoms with van der Waals surface area (Å²) in [5.74, 6) is 1.72. The Morgan fingerprint density at radius 3 is 1.05 bits per heavy atom. The lowest BCUT2D eigenvalue weighted by atomic mass is 9.96. The maximum atomic E-state index is 7.18. The molecule has 5 aromatic rings.